The number of aliphatic imine (C=N–C) groups is 1. The number of hydrogen-bond donors (Lipinski definition) is 0. The van der Waals surface area contributed by atoms with Gasteiger partial charge in [0.2, 0.25) is 0 Å². The Hall–Kier alpha value is -1.61. The second-order valence-electron chi connectivity index (χ2n) is 4.96. The first kappa shape index (κ1) is 11.5. The lowest BCUT2D eigenvalue weighted by molar-refractivity contribution is 0.0663. The van der Waals surface area contributed by atoms with Gasteiger partial charge in [-0.2, -0.15) is 0 Å². The molecule has 0 bridgehead atoms. The molecule has 0 radical (unpaired) electrons. The number of rotatable bonds is 1. The maximum Gasteiger partial charge on any atom is 0.119 e. The van der Waals surface area contributed by atoms with Gasteiger partial charge in [0.25, 0.3) is 0 Å². The van der Waals surface area contributed by atoms with Crippen molar-refractivity contribution < 1.29 is 4.74 Å². The van der Waals surface area contributed by atoms with Gasteiger partial charge >= 0.3 is 0 Å². The zero-order chi connectivity index (χ0) is 12.6. The fourth-order valence-corrected chi connectivity index (χ4v) is 2.74. The molecule has 0 N–H and O–H groups in total. The van der Waals surface area contributed by atoms with Crippen molar-refractivity contribution in [3.63, 3.8) is 0 Å². The summed E-state index contributed by atoms with van der Waals surface area (Å²) in [5, 5.41) is 0. The quantitative estimate of drug-likeness (QED) is 0.707. The Morgan fingerprint density at radius 3 is 2.78 bits per heavy atom. The van der Waals surface area contributed by atoms with Crippen LogP contribution in [0.15, 0.2) is 41.9 Å². The molecule has 0 amide bonds. The third-order valence-corrected chi connectivity index (χ3v) is 3.87. The lowest BCUT2D eigenvalue weighted by atomic mass is 9.82. The van der Waals surface area contributed by atoms with E-state index < -0.39 is 0 Å². The molecule has 1 aromatic carbocycles. The maximum atomic E-state index is 5.42. The Balaban J connectivity index is 2.03. The standard InChI is InChI=1S/C15H18N2O/c1-3-15(2)12-6-4-5-7-13(12)16-14(15)17-8-10-18-11-9-17/h3-7H,1,8-11H2,2H3. The van der Waals surface area contributed by atoms with Crippen molar-refractivity contribution in [2.75, 3.05) is 26.3 Å². The van der Waals surface area contributed by atoms with Gasteiger partial charge in [-0.05, 0) is 18.6 Å². The molecular formula is C15H18N2O. The van der Waals surface area contributed by atoms with Crippen LogP contribution in [0, 0.1) is 0 Å². The molecule has 1 fully saturated rings. The maximum absolute atomic E-state index is 5.42. The number of amidine groups is 1. The Morgan fingerprint density at radius 1 is 1.33 bits per heavy atom. The summed E-state index contributed by atoms with van der Waals surface area (Å²) >= 11 is 0. The van der Waals surface area contributed by atoms with Crippen LogP contribution in [-0.2, 0) is 10.2 Å². The predicted molar refractivity (Wildman–Crippen MR) is 73.5 cm³/mol. The number of ether oxygens (including phenoxy) is 1. The molecule has 0 spiro atoms. The van der Waals surface area contributed by atoms with Gasteiger partial charge in [0.05, 0.1) is 24.3 Å². The van der Waals surface area contributed by atoms with Crippen LogP contribution in [-0.4, -0.2) is 37.0 Å². The molecule has 1 atom stereocenters. The highest BCUT2D eigenvalue weighted by Gasteiger charge is 2.39. The molecule has 0 saturated carbocycles. The van der Waals surface area contributed by atoms with Gasteiger partial charge in [0.1, 0.15) is 5.84 Å². The van der Waals surface area contributed by atoms with Crippen molar-refractivity contribution in [3.05, 3.63) is 42.5 Å². The number of benzene rings is 1. The van der Waals surface area contributed by atoms with Crippen LogP contribution < -0.4 is 0 Å². The van der Waals surface area contributed by atoms with Gasteiger partial charge in [-0.3, -0.25) is 0 Å². The number of morpholine rings is 1. The highest BCUT2D eigenvalue weighted by atomic mass is 16.5. The van der Waals surface area contributed by atoms with Crippen LogP contribution in [0.2, 0.25) is 0 Å². The summed E-state index contributed by atoms with van der Waals surface area (Å²) in [4.78, 5) is 7.14. The second-order valence-corrected chi connectivity index (χ2v) is 4.96. The third-order valence-electron chi connectivity index (χ3n) is 3.87. The average molecular weight is 242 g/mol. The first-order valence-electron chi connectivity index (χ1n) is 6.40. The fraction of sp³-hybridized carbons (Fsp3) is 0.400. The van der Waals surface area contributed by atoms with Crippen LogP contribution >= 0.6 is 0 Å². The summed E-state index contributed by atoms with van der Waals surface area (Å²) < 4.78 is 5.42. The van der Waals surface area contributed by atoms with E-state index in [-0.39, 0.29) is 5.41 Å². The Labute approximate surface area is 108 Å². The van der Waals surface area contributed by atoms with Crippen LogP contribution in [0.1, 0.15) is 12.5 Å². The minimum Gasteiger partial charge on any atom is -0.378 e. The SMILES string of the molecule is C=CC1(C)C(N2CCOCC2)=Nc2ccccc21. The highest BCUT2D eigenvalue weighted by Crippen LogP contribution is 2.41. The molecule has 0 aromatic heterocycles. The lowest BCUT2D eigenvalue weighted by Gasteiger charge is -2.35. The van der Waals surface area contributed by atoms with E-state index in [2.05, 4.69) is 36.6 Å². The van der Waals surface area contributed by atoms with Crippen molar-refractivity contribution in [2.24, 2.45) is 4.99 Å². The molecule has 2 heterocycles. The van der Waals surface area contributed by atoms with Gasteiger partial charge in [-0.1, -0.05) is 24.3 Å². The van der Waals surface area contributed by atoms with Gasteiger partial charge in [0, 0.05) is 13.1 Å². The minimum absolute atomic E-state index is 0.173. The third kappa shape index (κ3) is 1.58. The van der Waals surface area contributed by atoms with E-state index >= 15 is 0 Å². The molecule has 3 rings (SSSR count). The Bertz CT molecular complexity index is 503. The molecule has 18 heavy (non-hydrogen) atoms. The molecular weight excluding hydrogens is 224 g/mol. The summed E-state index contributed by atoms with van der Waals surface area (Å²) in [7, 11) is 0. The van der Waals surface area contributed by atoms with E-state index in [1.807, 2.05) is 12.1 Å². The van der Waals surface area contributed by atoms with Crippen molar-refractivity contribution in [1.29, 1.82) is 0 Å². The fourth-order valence-electron chi connectivity index (χ4n) is 2.74. The van der Waals surface area contributed by atoms with E-state index in [1.54, 1.807) is 0 Å². The van der Waals surface area contributed by atoms with Gasteiger partial charge < -0.3 is 9.64 Å². The Kier molecular flexibility index (Phi) is 2.71. The topological polar surface area (TPSA) is 24.8 Å². The normalized spacial score (nSPS) is 26.7. The minimum atomic E-state index is -0.173. The largest absolute Gasteiger partial charge is 0.378 e. The van der Waals surface area contributed by atoms with Crippen molar-refractivity contribution in [3.8, 4) is 0 Å². The molecule has 3 heteroatoms. The summed E-state index contributed by atoms with van der Waals surface area (Å²) in [5.41, 5.74) is 2.15. The summed E-state index contributed by atoms with van der Waals surface area (Å²) in [5.74, 6) is 1.11. The van der Waals surface area contributed by atoms with Crippen LogP contribution in [0.5, 0.6) is 0 Å². The number of para-hydroxylation sites is 1. The van der Waals surface area contributed by atoms with E-state index in [9.17, 15) is 0 Å². The molecule has 2 aliphatic heterocycles. The van der Waals surface area contributed by atoms with Gasteiger partial charge in [0.15, 0.2) is 0 Å². The second kappa shape index (κ2) is 4.25. The molecule has 1 unspecified atom stereocenters. The summed E-state index contributed by atoms with van der Waals surface area (Å²) in [6.07, 6.45) is 2.01. The van der Waals surface area contributed by atoms with Crippen LogP contribution in [0.4, 0.5) is 5.69 Å². The predicted octanol–water partition coefficient (Wildman–Crippen LogP) is 2.51. The molecule has 1 saturated heterocycles. The van der Waals surface area contributed by atoms with Crippen LogP contribution in [0.3, 0.4) is 0 Å². The molecule has 3 nitrogen and oxygen atoms in total. The van der Waals surface area contributed by atoms with E-state index in [0.29, 0.717) is 0 Å². The molecule has 1 aromatic rings. The summed E-state index contributed by atoms with van der Waals surface area (Å²) in [6.45, 7) is 9.60. The molecule has 0 aliphatic carbocycles. The number of hydrogen-bond acceptors (Lipinski definition) is 3. The van der Waals surface area contributed by atoms with Crippen molar-refractivity contribution in [2.45, 2.75) is 12.3 Å². The van der Waals surface area contributed by atoms with Gasteiger partial charge in [-0.15, -0.1) is 6.58 Å². The van der Waals surface area contributed by atoms with E-state index in [0.717, 1.165) is 37.8 Å². The highest BCUT2D eigenvalue weighted by molar-refractivity contribution is 6.01. The average Bonchev–Trinajstić information content (AvgIpc) is 2.74. The zero-order valence-electron chi connectivity index (χ0n) is 10.7. The molecule has 2 aliphatic rings. The Morgan fingerprint density at radius 2 is 2.06 bits per heavy atom. The summed E-state index contributed by atoms with van der Waals surface area (Å²) in [6, 6.07) is 8.32. The lowest BCUT2D eigenvalue weighted by Crippen LogP contribution is -2.47. The van der Waals surface area contributed by atoms with Gasteiger partial charge in [-0.25, -0.2) is 4.99 Å². The first-order chi connectivity index (χ1) is 8.75. The van der Waals surface area contributed by atoms with Crippen molar-refractivity contribution >= 4 is 11.5 Å². The number of nitrogens with zero attached hydrogens (tertiary/aromatic N) is 2. The monoisotopic (exact) mass is 242 g/mol. The zero-order valence-corrected chi connectivity index (χ0v) is 10.7. The van der Waals surface area contributed by atoms with E-state index in [1.165, 1.54) is 5.56 Å². The number of fused-ring (bicyclic) bond motifs is 1. The van der Waals surface area contributed by atoms with E-state index in [4.69, 9.17) is 9.73 Å². The smallest absolute Gasteiger partial charge is 0.119 e. The van der Waals surface area contributed by atoms with Crippen molar-refractivity contribution in [1.82, 2.24) is 4.90 Å². The first-order valence-corrected chi connectivity index (χ1v) is 6.40. The molecule has 94 valence electrons. The van der Waals surface area contributed by atoms with Crippen LogP contribution in [0.25, 0.3) is 0 Å².